The molecule has 2 aromatic rings. The van der Waals surface area contributed by atoms with E-state index in [2.05, 4.69) is 21.0 Å². The van der Waals surface area contributed by atoms with Crippen LogP contribution in [0.3, 0.4) is 0 Å². The number of hydrogen-bond acceptors (Lipinski definition) is 2. The predicted molar refractivity (Wildman–Crippen MR) is 55.5 cm³/mol. The Hall–Kier alpha value is -0.870. The SMILES string of the molecule is CC(N)c1cc2cc(Br)ccn2n1. The first-order valence-electron chi connectivity index (χ1n) is 4.07. The van der Waals surface area contributed by atoms with E-state index in [4.69, 9.17) is 5.73 Å². The fourth-order valence-corrected chi connectivity index (χ4v) is 1.56. The van der Waals surface area contributed by atoms with E-state index in [0.29, 0.717) is 0 Å². The average molecular weight is 240 g/mol. The molecule has 2 rings (SSSR count). The minimum Gasteiger partial charge on any atom is -0.323 e. The summed E-state index contributed by atoms with van der Waals surface area (Å²) in [5.41, 5.74) is 7.70. The average Bonchev–Trinajstić information content (AvgIpc) is 2.46. The van der Waals surface area contributed by atoms with Gasteiger partial charge in [0.25, 0.3) is 0 Å². The minimum atomic E-state index is -0.0151. The molecule has 1 atom stereocenters. The van der Waals surface area contributed by atoms with Crippen LogP contribution < -0.4 is 5.73 Å². The molecule has 0 aliphatic carbocycles. The smallest absolute Gasteiger partial charge is 0.0799 e. The first kappa shape index (κ1) is 8.72. The normalized spacial score (nSPS) is 13.5. The molecule has 0 fully saturated rings. The zero-order valence-corrected chi connectivity index (χ0v) is 8.82. The van der Waals surface area contributed by atoms with Gasteiger partial charge in [-0.3, -0.25) is 0 Å². The van der Waals surface area contributed by atoms with Crippen molar-refractivity contribution in [1.29, 1.82) is 0 Å². The predicted octanol–water partition coefficient (Wildman–Crippen LogP) is 2.12. The van der Waals surface area contributed by atoms with Crippen molar-refractivity contribution in [2.24, 2.45) is 5.73 Å². The number of halogens is 1. The monoisotopic (exact) mass is 239 g/mol. The van der Waals surface area contributed by atoms with E-state index in [1.807, 2.05) is 35.8 Å². The fraction of sp³-hybridized carbons (Fsp3) is 0.222. The molecule has 0 spiro atoms. The Morgan fingerprint density at radius 1 is 1.54 bits per heavy atom. The summed E-state index contributed by atoms with van der Waals surface area (Å²) in [4.78, 5) is 0. The largest absolute Gasteiger partial charge is 0.323 e. The van der Waals surface area contributed by atoms with Crippen molar-refractivity contribution in [2.45, 2.75) is 13.0 Å². The van der Waals surface area contributed by atoms with Gasteiger partial charge < -0.3 is 5.73 Å². The van der Waals surface area contributed by atoms with E-state index in [-0.39, 0.29) is 6.04 Å². The van der Waals surface area contributed by atoms with Crippen molar-refractivity contribution in [1.82, 2.24) is 9.61 Å². The summed E-state index contributed by atoms with van der Waals surface area (Å²) >= 11 is 3.41. The van der Waals surface area contributed by atoms with E-state index in [1.54, 1.807) is 0 Å². The maximum absolute atomic E-state index is 5.73. The van der Waals surface area contributed by atoms with Crippen molar-refractivity contribution in [2.75, 3.05) is 0 Å². The Balaban J connectivity index is 2.62. The van der Waals surface area contributed by atoms with E-state index in [1.165, 1.54) is 0 Å². The van der Waals surface area contributed by atoms with Gasteiger partial charge in [0, 0.05) is 16.7 Å². The molecular formula is C9H10BrN3. The highest BCUT2D eigenvalue weighted by molar-refractivity contribution is 9.10. The second kappa shape index (κ2) is 3.12. The molecule has 0 saturated carbocycles. The number of nitrogens with zero attached hydrogens (tertiary/aromatic N) is 2. The van der Waals surface area contributed by atoms with Crippen molar-refractivity contribution in [3.05, 3.63) is 34.6 Å². The van der Waals surface area contributed by atoms with Crippen LogP contribution in [-0.2, 0) is 0 Å². The Morgan fingerprint density at radius 3 is 3.00 bits per heavy atom. The van der Waals surface area contributed by atoms with E-state index < -0.39 is 0 Å². The van der Waals surface area contributed by atoms with Crippen LogP contribution in [0.25, 0.3) is 5.52 Å². The Bertz CT molecular complexity index is 433. The van der Waals surface area contributed by atoms with Crippen molar-refractivity contribution in [3.8, 4) is 0 Å². The van der Waals surface area contributed by atoms with Gasteiger partial charge in [-0.1, -0.05) is 15.9 Å². The quantitative estimate of drug-likeness (QED) is 0.829. The van der Waals surface area contributed by atoms with E-state index in [0.717, 1.165) is 15.7 Å². The summed E-state index contributed by atoms with van der Waals surface area (Å²) in [6, 6.07) is 5.94. The first-order chi connectivity index (χ1) is 6.16. The molecule has 3 nitrogen and oxygen atoms in total. The van der Waals surface area contributed by atoms with Crippen LogP contribution in [0, 0.1) is 0 Å². The highest BCUT2D eigenvalue weighted by Gasteiger charge is 2.05. The van der Waals surface area contributed by atoms with E-state index >= 15 is 0 Å². The number of aromatic nitrogens is 2. The van der Waals surface area contributed by atoms with Gasteiger partial charge in [-0.2, -0.15) is 5.10 Å². The van der Waals surface area contributed by atoms with Gasteiger partial charge >= 0.3 is 0 Å². The molecule has 4 heteroatoms. The molecule has 0 aliphatic heterocycles. The zero-order valence-electron chi connectivity index (χ0n) is 7.24. The molecule has 0 saturated heterocycles. The summed E-state index contributed by atoms with van der Waals surface area (Å²) in [5.74, 6) is 0. The second-order valence-corrected chi connectivity index (χ2v) is 3.99. The van der Waals surface area contributed by atoms with Crippen LogP contribution in [0.4, 0.5) is 0 Å². The molecule has 2 N–H and O–H groups in total. The molecule has 68 valence electrons. The lowest BCUT2D eigenvalue weighted by molar-refractivity contribution is 0.756. The van der Waals surface area contributed by atoms with Gasteiger partial charge in [0.2, 0.25) is 0 Å². The van der Waals surface area contributed by atoms with Gasteiger partial charge in [0.15, 0.2) is 0 Å². The highest BCUT2D eigenvalue weighted by Crippen LogP contribution is 2.16. The lowest BCUT2D eigenvalue weighted by atomic mass is 10.2. The summed E-state index contributed by atoms with van der Waals surface area (Å²) in [6.45, 7) is 1.93. The summed E-state index contributed by atoms with van der Waals surface area (Å²) in [5, 5.41) is 4.32. The van der Waals surface area contributed by atoms with Crippen molar-refractivity contribution >= 4 is 21.4 Å². The van der Waals surface area contributed by atoms with Crippen molar-refractivity contribution in [3.63, 3.8) is 0 Å². The fourth-order valence-electron chi connectivity index (χ4n) is 1.21. The third-order valence-electron chi connectivity index (χ3n) is 1.91. The second-order valence-electron chi connectivity index (χ2n) is 3.07. The number of hydrogen-bond donors (Lipinski definition) is 1. The minimum absolute atomic E-state index is 0.0151. The number of nitrogens with two attached hydrogens (primary N) is 1. The Labute approximate surface area is 84.7 Å². The lowest BCUT2D eigenvalue weighted by Crippen LogP contribution is -2.05. The third kappa shape index (κ3) is 1.59. The van der Waals surface area contributed by atoms with Gasteiger partial charge in [0.1, 0.15) is 0 Å². The number of rotatable bonds is 1. The molecule has 0 bridgehead atoms. The topological polar surface area (TPSA) is 43.3 Å². The number of pyridine rings is 1. The maximum atomic E-state index is 5.73. The van der Waals surface area contributed by atoms with Crippen molar-refractivity contribution < 1.29 is 0 Å². The molecular weight excluding hydrogens is 230 g/mol. The zero-order chi connectivity index (χ0) is 9.42. The van der Waals surface area contributed by atoms with Gasteiger partial charge in [-0.05, 0) is 25.1 Å². The summed E-state index contributed by atoms with van der Waals surface area (Å²) in [7, 11) is 0. The Morgan fingerprint density at radius 2 is 2.31 bits per heavy atom. The van der Waals surface area contributed by atoms with Crippen LogP contribution in [0.5, 0.6) is 0 Å². The highest BCUT2D eigenvalue weighted by atomic mass is 79.9. The third-order valence-corrected chi connectivity index (χ3v) is 2.40. The number of fused-ring (bicyclic) bond motifs is 1. The molecule has 0 aromatic carbocycles. The van der Waals surface area contributed by atoms with Crippen LogP contribution in [0.1, 0.15) is 18.7 Å². The molecule has 13 heavy (non-hydrogen) atoms. The molecule has 1 unspecified atom stereocenters. The standard InChI is InChI=1S/C9H10BrN3/c1-6(11)9-5-8-4-7(10)2-3-13(8)12-9/h2-6H,11H2,1H3. The maximum Gasteiger partial charge on any atom is 0.0799 e. The first-order valence-corrected chi connectivity index (χ1v) is 4.86. The van der Waals surface area contributed by atoms with Gasteiger partial charge in [-0.25, -0.2) is 4.52 Å². The molecule has 2 aromatic heterocycles. The Kier molecular flexibility index (Phi) is 2.09. The molecule has 0 aliphatic rings. The van der Waals surface area contributed by atoms with Gasteiger partial charge in [-0.15, -0.1) is 0 Å². The van der Waals surface area contributed by atoms with Crippen LogP contribution in [-0.4, -0.2) is 9.61 Å². The molecule has 0 amide bonds. The summed E-state index contributed by atoms with van der Waals surface area (Å²) < 4.78 is 2.87. The molecule has 2 heterocycles. The van der Waals surface area contributed by atoms with Gasteiger partial charge in [0.05, 0.1) is 11.2 Å². The van der Waals surface area contributed by atoms with E-state index in [9.17, 15) is 0 Å². The van der Waals surface area contributed by atoms with Crippen LogP contribution >= 0.6 is 15.9 Å². The molecule has 0 radical (unpaired) electrons. The van der Waals surface area contributed by atoms with Crippen LogP contribution in [0.15, 0.2) is 28.9 Å². The lowest BCUT2D eigenvalue weighted by Gasteiger charge is -1.95. The summed E-state index contributed by atoms with van der Waals surface area (Å²) in [6.07, 6.45) is 1.91. The van der Waals surface area contributed by atoms with Crippen LogP contribution in [0.2, 0.25) is 0 Å².